The smallest absolute Gasteiger partial charge is 0.123 e. The second-order valence-electron chi connectivity index (χ2n) is 6.64. The van der Waals surface area contributed by atoms with Crippen molar-refractivity contribution in [2.75, 3.05) is 32.7 Å². The molecule has 1 aliphatic heterocycles. The SMILES string of the molecule is OC(CN1CCNCC1)Cn1c2ccc(F)cc2c2cc(F)ccc21. The highest BCUT2D eigenvalue weighted by molar-refractivity contribution is 6.08. The summed E-state index contributed by atoms with van der Waals surface area (Å²) in [6.45, 7) is 4.68. The van der Waals surface area contributed by atoms with Crippen LogP contribution in [0.3, 0.4) is 0 Å². The number of benzene rings is 2. The van der Waals surface area contributed by atoms with Gasteiger partial charge in [0.1, 0.15) is 11.6 Å². The Balaban J connectivity index is 1.69. The standard InChI is InChI=1S/C19H21F2N3O/c20-13-1-3-18-16(9-13)17-10-14(21)2-4-19(17)24(18)12-15(25)11-23-7-5-22-6-8-23/h1-4,9-10,15,22,25H,5-8,11-12H2. The molecule has 6 heteroatoms. The molecule has 1 aromatic heterocycles. The molecular formula is C19H21F2N3O. The van der Waals surface area contributed by atoms with Crippen LogP contribution >= 0.6 is 0 Å². The van der Waals surface area contributed by atoms with E-state index in [1.54, 1.807) is 12.1 Å². The summed E-state index contributed by atoms with van der Waals surface area (Å²) in [5.41, 5.74) is 1.61. The average Bonchev–Trinajstić information content (AvgIpc) is 2.88. The summed E-state index contributed by atoms with van der Waals surface area (Å²) in [5, 5.41) is 15.2. The van der Waals surface area contributed by atoms with Crippen molar-refractivity contribution in [1.82, 2.24) is 14.8 Å². The number of nitrogens with zero attached hydrogens (tertiary/aromatic N) is 2. The van der Waals surface area contributed by atoms with Gasteiger partial charge in [-0.05, 0) is 36.4 Å². The third-order valence-electron chi connectivity index (χ3n) is 4.86. The van der Waals surface area contributed by atoms with Crippen LogP contribution in [0.4, 0.5) is 8.78 Å². The minimum Gasteiger partial charge on any atom is -0.390 e. The van der Waals surface area contributed by atoms with Crippen LogP contribution in [0.5, 0.6) is 0 Å². The summed E-state index contributed by atoms with van der Waals surface area (Å²) < 4.78 is 29.3. The highest BCUT2D eigenvalue weighted by Gasteiger charge is 2.18. The van der Waals surface area contributed by atoms with E-state index in [1.165, 1.54) is 24.3 Å². The molecule has 0 spiro atoms. The molecule has 1 atom stereocenters. The number of nitrogens with one attached hydrogen (secondary N) is 1. The normalized spacial score (nSPS) is 17.4. The molecular weight excluding hydrogens is 324 g/mol. The highest BCUT2D eigenvalue weighted by Crippen LogP contribution is 2.30. The van der Waals surface area contributed by atoms with Gasteiger partial charge in [0.05, 0.1) is 12.6 Å². The largest absolute Gasteiger partial charge is 0.390 e. The van der Waals surface area contributed by atoms with Gasteiger partial charge in [-0.1, -0.05) is 0 Å². The predicted octanol–water partition coefficient (Wildman–Crippen LogP) is 2.34. The molecule has 1 saturated heterocycles. The van der Waals surface area contributed by atoms with Crippen LogP contribution in [0.25, 0.3) is 21.8 Å². The highest BCUT2D eigenvalue weighted by atomic mass is 19.1. The monoisotopic (exact) mass is 345 g/mol. The van der Waals surface area contributed by atoms with Crippen molar-refractivity contribution in [3.8, 4) is 0 Å². The molecule has 1 unspecified atom stereocenters. The van der Waals surface area contributed by atoms with E-state index in [2.05, 4.69) is 10.2 Å². The minimum absolute atomic E-state index is 0.350. The average molecular weight is 345 g/mol. The molecule has 4 nitrogen and oxygen atoms in total. The second-order valence-corrected chi connectivity index (χ2v) is 6.64. The molecule has 132 valence electrons. The number of aromatic nitrogens is 1. The van der Waals surface area contributed by atoms with Gasteiger partial charge in [0.2, 0.25) is 0 Å². The van der Waals surface area contributed by atoms with Gasteiger partial charge in [0, 0.05) is 54.5 Å². The maximum absolute atomic E-state index is 13.7. The summed E-state index contributed by atoms with van der Waals surface area (Å²) >= 11 is 0. The second kappa shape index (κ2) is 6.71. The first-order valence-electron chi connectivity index (χ1n) is 8.60. The Labute approximate surface area is 144 Å². The third kappa shape index (κ3) is 3.25. The van der Waals surface area contributed by atoms with Crippen LogP contribution in [0.1, 0.15) is 0 Å². The van der Waals surface area contributed by atoms with Crippen LogP contribution in [0.2, 0.25) is 0 Å². The van der Waals surface area contributed by atoms with Gasteiger partial charge in [-0.3, -0.25) is 4.90 Å². The Morgan fingerprint density at radius 1 is 0.920 bits per heavy atom. The number of hydrogen-bond acceptors (Lipinski definition) is 3. The molecule has 0 radical (unpaired) electrons. The Hall–Kier alpha value is -2.02. The van der Waals surface area contributed by atoms with Crippen LogP contribution in [-0.4, -0.2) is 53.4 Å². The van der Waals surface area contributed by atoms with Gasteiger partial charge in [-0.2, -0.15) is 0 Å². The predicted molar refractivity (Wildman–Crippen MR) is 94.7 cm³/mol. The quantitative estimate of drug-likeness (QED) is 0.763. The summed E-state index contributed by atoms with van der Waals surface area (Å²) in [4.78, 5) is 2.23. The lowest BCUT2D eigenvalue weighted by Gasteiger charge is -2.29. The molecule has 1 fully saturated rings. The number of halogens is 2. The number of piperazine rings is 1. The fourth-order valence-electron chi connectivity index (χ4n) is 3.71. The van der Waals surface area contributed by atoms with Crippen molar-refractivity contribution in [2.45, 2.75) is 12.6 Å². The number of aliphatic hydroxyl groups excluding tert-OH is 1. The number of fused-ring (bicyclic) bond motifs is 3. The summed E-state index contributed by atoms with van der Waals surface area (Å²) in [5.74, 6) is -0.700. The van der Waals surface area contributed by atoms with Crippen molar-refractivity contribution < 1.29 is 13.9 Å². The summed E-state index contributed by atoms with van der Waals surface area (Å²) in [6.07, 6.45) is -0.549. The van der Waals surface area contributed by atoms with E-state index in [4.69, 9.17) is 0 Å². The molecule has 0 saturated carbocycles. The zero-order valence-corrected chi connectivity index (χ0v) is 13.9. The number of aliphatic hydroxyl groups is 1. The minimum atomic E-state index is -0.549. The molecule has 2 aromatic carbocycles. The van der Waals surface area contributed by atoms with Gasteiger partial charge in [0.25, 0.3) is 0 Å². The molecule has 1 aliphatic rings. The molecule has 0 aliphatic carbocycles. The fraction of sp³-hybridized carbons (Fsp3) is 0.368. The van der Waals surface area contributed by atoms with Gasteiger partial charge in [-0.25, -0.2) is 8.78 Å². The lowest BCUT2D eigenvalue weighted by Crippen LogP contribution is -2.46. The number of hydrogen-bond donors (Lipinski definition) is 2. The van der Waals surface area contributed by atoms with Crippen molar-refractivity contribution in [3.63, 3.8) is 0 Å². The fourth-order valence-corrected chi connectivity index (χ4v) is 3.71. The Morgan fingerprint density at radius 2 is 1.48 bits per heavy atom. The zero-order valence-electron chi connectivity index (χ0n) is 13.9. The van der Waals surface area contributed by atoms with Crippen LogP contribution in [0.15, 0.2) is 36.4 Å². The van der Waals surface area contributed by atoms with Gasteiger partial charge in [-0.15, -0.1) is 0 Å². The van der Waals surface area contributed by atoms with E-state index in [0.29, 0.717) is 23.9 Å². The van der Waals surface area contributed by atoms with Crippen molar-refractivity contribution in [3.05, 3.63) is 48.0 Å². The van der Waals surface area contributed by atoms with E-state index in [9.17, 15) is 13.9 Å². The molecule has 25 heavy (non-hydrogen) atoms. The molecule has 0 bridgehead atoms. The van der Waals surface area contributed by atoms with Crippen molar-refractivity contribution >= 4 is 21.8 Å². The van der Waals surface area contributed by atoms with Gasteiger partial charge < -0.3 is 15.0 Å². The first-order valence-corrected chi connectivity index (χ1v) is 8.60. The van der Waals surface area contributed by atoms with E-state index >= 15 is 0 Å². The van der Waals surface area contributed by atoms with E-state index in [1.807, 2.05) is 4.57 Å². The van der Waals surface area contributed by atoms with Gasteiger partial charge >= 0.3 is 0 Å². The van der Waals surface area contributed by atoms with Crippen LogP contribution < -0.4 is 5.32 Å². The lowest BCUT2D eigenvalue weighted by atomic mass is 10.1. The maximum atomic E-state index is 13.7. The van der Waals surface area contributed by atoms with Crippen LogP contribution in [-0.2, 0) is 6.54 Å². The topological polar surface area (TPSA) is 40.4 Å². The molecule has 4 rings (SSSR count). The number of rotatable bonds is 4. The van der Waals surface area contributed by atoms with Gasteiger partial charge in [0.15, 0.2) is 0 Å². The molecule has 2 N–H and O–H groups in total. The zero-order chi connectivity index (χ0) is 17.4. The molecule has 2 heterocycles. The first kappa shape index (κ1) is 16.4. The van der Waals surface area contributed by atoms with Crippen LogP contribution in [0, 0.1) is 11.6 Å². The Kier molecular flexibility index (Phi) is 4.41. The molecule has 0 amide bonds. The van der Waals surface area contributed by atoms with Crippen molar-refractivity contribution in [1.29, 1.82) is 0 Å². The lowest BCUT2D eigenvalue weighted by molar-refractivity contribution is 0.0936. The Bertz CT molecular complexity index is 843. The molecule has 3 aromatic rings. The van der Waals surface area contributed by atoms with E-state index in [-0.39, 0.29) is 11.6 Å². The summed E-state index contributed by atoms with van der Waals surface area (Å²) in [6, 6.07) is 9.04. The Morgan fingerprint density at radius 3 is 2.04 bits per heavy atom. The summed E-state index contributed by atoms with van der Waals surface area (Å²) in [7, 11) is 0. The number of β-amino-alcohol motifs (C(OH)–C–C–N with tert-alkyl or cyclic N) is 1. The first-order chi connectivity index (χ1) is 12.1. The van der Waals surface area contributed by atoms with Crippen molar-refractivity contribution in [2.24, 2.45) is 0 Å². The maximum Gasteiger partial charge on any atom is 0.123 e. The third-order valence-corrected chi connectivity index (χ3v) is 4.86. The van der Waals surface area contributed by atoms with E-state index < -0.39 is 6.10 Å². The van der Waals surface area contributed by atoms with E-state index in [0.717, 1.165) is 37.2 Å².